The molecule has 0 spiro atoms. The lowest BCUT2D eigenvalue weighted by molar-refractivity contribution is -0.136. The molecular weight excluding hydrogens is 676 g/mol. The molecule has 3 aromatic carbocycles. The van der Waals surface area contributed by atoms with Crippen LogP contribution in [-0.2, 0) is 22.1 Å². The summed E-state index contributed by atoms with van der Waals surface area (Å²) in [7, 11) is 0. The van der Waals surface area contributed by atoms with Gasteiger partial charge in [0.2, 0.25) is 11.8 Å². The molecular formula is C42H49F2N5O4. The number of nitrogens with zero attached hydrogens (tertiary/aromatic N) is 4. The minimum absolute atomic E-state index is 0.0482. The molecule has 0 bridgehead atoms. The average molecular weight is 726 g/mol. The van der Waals surface area contributed by atoms with Crippen LogP contribution in [0.25, 0.3) is 0 Å². The summed E-state index contributed by atoms with van der Waals surface area (Å²) < 4.78 is 30.5. The van der Waals surface area contributed by atoms with E-state index in [2.05, 4.69) is 50.3 Å². The topological polar surface area (TPSA) is 96.4 Å². The number of aromatic hydroxyl groups is 1. The lowest BCUT2D eigenvalue weighted by Crippen LogP contribution is -2.52. The van der Waals surface area contributed by atoms with Crippen LogP contribution in [0.5, 0.6) is 5.75 Å². The zero-order valence-corrected chi connectivity index (χ0v) is 30.6. The number of nitrogens with one attached hydrogen (secondary N) is 1. The highest BCUT2D eigenvalue weighted by Gasteiger charge is 2.47. The van der Waals surface area contributed by atoms with Gasteiger partial charge in [0.05, 0.1) is 0 Å². The van der Waals surface area contributed by atoms with E-state index in [1.165, 1.54) is 17.8 Å². The summed E-state index contributed by atoms with van der Waals surface area (Å²) in [6.45, 7) is 11.3. The molecule has 0 unspecified atom stereocenters. The van der Waals surface area contributed by atoms with Gasteiger partial charge < -0.3 is 19.8 Å². The SMILES string of the molecule is CC(C)[C@H]1CC(F)(F)c2cc(O)ccc2[C@H]1c1ccc(N2CCC(CN3CCN(c4ccc5c(c4)CN([C@H]4CCC(=O)NC4=O)C5=O)CC3)CC2)cc1. The number of anilines is 2. The zero-order chi connectivity index (χ0) is 37.0. The van der Waals surface area contributed by atoms with E-state index in [0.717, 1.165) is 75.5 Å². The number of piperidine rings is 2. The Balaban J connectivity index is 0.836. The van der Waals surface area contributed by atoms with Gasteiger partial charge in [0.1, 0.15) is 11.8 Å². The fourth-order valence-corrected chi connectivity index (χ4v) is 9.51. The first-order chi connectivity index (χ1) is 25.4. The molecule has 4 aliphatic heterocycles. The first-order valence-electron chi connectivity index (χ1n) is 19.3. The van der Waals surface area contributed by atoms with Gasteiger partial charge in [-0.2, -0.15) is 0 Å². The Kier molecular flexibility index (Phi) is 9.41. The van der Waals surface area contributed by atoms with Crippen molar-refractivity contribution in [2.24, 2.45) is 17.8 Å². The van der Waals surface area contributed by atoms with Gasteiger partial charge in [-0.05, 0) is 96.2 Å². The van der Waals surface area contributed by atoms with Crippen molar-refractivity contribution >= 4 is 29.1 Å². The third-order valence-electron chi connectivity index (χ3n) is 12.5. The molecule has 3 amide bonds. The molecule has 1 aliphatic carbocycles. The molecule has 3 aromatic rings. The molecule has 53 heavy (non-hydrogen) atoms. The van der Waals surface area contributed by atoms with Crippen molar-refractivity contribution in [3.05, 3.63) is 88.5 Å². The van der Waals surface area contributed by atoms with Crippen LogP contribution in [0.15, 0.2) is 60.7 Å². The number of hydrogen-bond acceptors (Lipinski definition) is 7. The van der Waals surface area contributed by atoms with Gasteiger partial charge in [-0.25, -0.2) is 8.78 Å². The van der Waals surface area contributed by atoms with E-state index in [-0.39, 0.29) is 59.6 Å². The first kappa shape index (κ1) is 35.5. The monoisotopic (exact) mass is 725 g/mol. The van der Waals surface area contributed by atoms with Gasteiger partial charge in [-0.15, -0.1) is 0 Å². The zero-order valence-electron chi connectivity index (χ0n) is 30.6. The van der Waals surface area contributed by atoms with E-state index >= 15 is 8.78 Å². The van der Waals surface area contributed by atoms with Gasteiger partial charge in [0.25, 0.3) is 11.8 Å². The maximum absolute atomic E-state index is 15.2. The number of carbonyl (C=O) groups is 3. The minimum atomic E-state index is -2.96. The number of benzene rings is 3. The molecule has 2 N–H and O–H groups in total. The lowest BCUT2D eigenvalue weighted by Gasteiger charge is -2.41. The minimum Gasteiger partial charge on any atom is -0.508 e. The number of rotatable bonds is 7. The Hall–Kier alpha value is -4.51. The Labute approximate surface area is 309 Å². The standard InChI is InChI=1S/C42H49F2N5O4/c1-26(2)35-23-42(43,44)36-22-32(50)8-10-34(36)39(35)28-3-5-30(6-4-28)47-15-13-27(14-16-47)24-46-17-19-48(20-18-46)31-7-9-33-29(21-31)25-49(41(33)53)37-11-12-38(51)45-40(37)52/h3-10,21-22,26-27,35,37,39,50H,11-20,23-25H2,1-2H3,(H,45,51,52)/t35-,37+,39-/m1/s1. The van der Waals surface area contributed by atoms with Crippen molar-refractivity contribution < 1.29 is 28.3 Å². The molecule has 0 aromatic heterocycles. The van der Waals surface area contributed by atoms with E-state index in [1.54, 1.807) is 11.0 Å². The summed E-state index contributed by atoms with van der Waals surface area (Å²) in [5.41, 5.74) is 5.47. The largest absolute Gasteiger partial charge is 0.508 e. The van der Waals surface area contributed by atoms with Crippen molar-refractivity contribution in [1.82, 2.24) is 15.1 Å². The molecule has 3 fully saturated rings. The summed E-state index contributed by atoms with van der Waals surface area (Å²) in [4.78, 5) is 46.2. The highest BCUT2D eigenvalue weighted by Crippen LogP contribution is 2.53. The van der Waals surface area contributed by atoms with Crippen molar-refractivity contribution in [3.8, 4) is 5.75 Å². The van der Waals surface area contributed by atoms with Gasteiger partial charge in [-0.3, -0.25) is 24.6 Å². The molecule has 5 aliphatic rings. The second-order valence-corrected chi connectivity index (χ2v) is 16.1. The summed E-state index contributed by atoms with van der Waals surface area (Å²) in [5.74, 6) is -3.54. The summed E-state index contributed by atoms with van der Waals surface area (Å²) in [5, 5.41) is 12.4. The fraction of sp³-hybridized carbons (Fsp3) is 0.500. The first-order valence-corrected chi connectivity index (χ1v) is 19.3. The third kappa shape index (κ3) is 6.88. The predicted octanol–water partition coefficient (Wildman–Crippen LogP) is 6.09. The normalized spacial score (nSPS) is 25.1. The molecule has 4 heterocycles. The number of halogens is 2. The number of piperazine rings is 1. The van der Waals surface area contributed by atoms with Gasteiger partial charge in [-0.1, -0.05) is 32.0 Å². The van der Waals surface area contributed by atoms with Crippen LogP contribution in [0, 0.1) is 17.8 Å². The summed E-state index contributed by atoms with van der Waals surface area (Å²) in [6.07, 6.45) is 2.63. The van der Waals surface area contributed by atoms with Crippen molar-refractivity contribution in [3.63, 3.8) is 0 Å². The smallest absolute Gasteiger partial charge is 0.274 e. The predicted molar refractivity (Wildman–Crippen MR) is 199 cm³/mol. The van der Waals surface area contributed by atoms with Gasteiger partial charge in [0.15, 0.2) is 0 Å². The number of hydrogen-bond donors (Lipinski definition) is 2. The second kappa shape index (κ2) is 14.0. The number of amides is 3. The molecule has 3 saturated heterocycles. The number of phenols is 1. The van der Waals surface area contributed by atoms with Crippen molar-refractivity contribution in [2.45, 2.75) is 70.4 Å². The molecule has 0 saturated carbocycles. The van der Waals surface area contributed by atoms with E-state index in [4.69, 9.17) is 0 Å². The number of fused-ring (bicyclic) bond motifs is 2. The van der Waals surface area contributed by atoms with E-state index < -0.39 is 12.0 Å². The molecule has 9 nitrogen and oxygen atoms in total. The van der Waals surface area contributed by atoms with E-state index in [1.807, 2.05) is 26.0 Å². The number of carbonyl (C=O) groups excluding carboxylic acids is 3. The molecule has 280 valence electrons. The highest BCUT2D eigenvalue weighted by molar-refractivity contribution is 6.05. The number of imide groups is 1. The second-order valence-electron chi connectivity index (χ2n) is 16.1. The quantitative estimate of drug-likeness (QED) is 0.285. The maximum atomic E-state index is 15.2. The number of alkyl halides is 2. The van der Waals surface area contributed by atoms with Crippen molar-refractivity contribution in [1.29, 1.82) is 0 Å². The van der Waals surface area contributed by atoms with Crippen LogP contribution in [0.2, 0.25) is 0 Å². The van der Waals surface area contributed by atoms with Gasteiger partial charge >= 0.3 is 0 Å². The Morgan fingerprint density at radius 3 is 2.25 bits per heavy atom. The van der Waals surface area contributed by atoms with Crippen LogP contribution in [-0.4, -0.2) is 84.5 Å². The summed E-state index contributed by atoms with van der Waals surface area (Å²) in [6, 6.07) is 18.4. The molecule has 11 heteroatoms. The molecule has 0 radical (unpaired) electrons. The third-order valence-corrected chi connectivity index (χ3v) is 12.5. The maximum Gasteiger partial charge on any atom is 0.274 e. The molecule has 8 rings (SSSR count). The Bertz CT molecular complexity index is 1880. The summed E-state index contributed by atoms with van der Waals surface area (Å²) >= 11 is 0. The fourth-order valence-electron chi connectivity index (χ4n) is 9.51. The number of phenolic OH excluding ortho intramolecular Hbond substituents is 1. The Morgan fingerprint density at radius 2 is 1.55 bits per heavy atom. The van der Waals surface area contributed by atoms with E-state index in [0.29, 0.717) is 30.0 Å². The van der Waals surface area contributed by atoms with Crippen molar-refractivity contribution in [2.75, 3.05) is 55.6 Å². The van der Waals surface area contributed by atoms with Crippen LogP contribution in [0.4, 0.5) is 20.2 Å². The van der Waals surface area contributed by atoms with Crippen LogP contribution >= 0.6 is 0 Å². The van der Waals surface area contributed by atoms with Crippen LogP contribution in [0.1, 0.15) is 84.5 Å². The lowest BCUT2D eigenvalue weighted by atomic mass is 9.66. The highest BCUT2D eigenvalue weighted by atomic mass is 19.3. The van der Waals surface area contributed by atoms with Gasteiger partial charge in [0, 0.05) is 93.6 Å². The Morgan fingerprint density at radius 1 is 0.849 bits per heavy atom. The van der Waals surface area contributed by atoms with Crippen LogP contribution in [0.3, 0.4) is 0 Å². The average Bonchev–Trinajstić information content (AvgIpc) is 3.47. The van der Waals surface area contributed by atoms with Crippen LogP contribution < -0.4 is 15.1 Å². The van der Waals surface area contributed by atoms with E-state index in [9.17, 15) is 19.5 Å². The molecule has 3 atom stereocenters.